The van der Waals surface area contributed by atoms with Crippen LogP contribution in [0.1, 0.15) is 27.9 Å². The molecular weight excluding hydrogens is 507 g/mol. The predicted octanol–water partition coefficient (Wildman–Crippen LogP) is 5.56. The number of aromatic carboxylic acids is 1. The third kappa shape index (κ3) is 6.56. The van der Waals surface area contributed by atoms with Crippen LogP contribution in [0.3, 0.4) is 0 Å². The molecule has 0 spiro atoms. The minimum absolute atomic E-state index is 0.00601. The molecule has 1 heterocycles. The zero-order valence-corrected chi connectivity index (χ0v) is 19.9. The summed E-state index contributed by atoms with van der Waals surface area (Å²) < 4.78 is 39.6. The molecule has 1 saturated heterocycles. The van der Waals surface area contributed by atoms with E-state index in [9.17, 15) is 27.6 Å². The zero-order valence-electron chi connectivity index (χ0n) is 19.1. The molecule has 3 aromatic rings. The zero-order chi connectivity index (χ0) is 26.6. The van der Waals surface area contributed by atoms with Gasteiger partial charge in [-0.3, -0.25) is 14.5 Å². The second-order valence-electron chi connectivity index (χ2n) is 8.09. The fraction of sp³-hybridized carbons (Fsp3) is 0.154. The quantitative estimate of drug-likeness (QED) is 0.437. The summed E-state index contributed by atoms with van der Waals surface area (Å²) in [6.07, 6.45) is -4.72. The van der Waals surface area contributed by atoms with Crippen molar-refractivity contribution in [3.05, 3.63) is 95.6 Å². The summed E-state index contributed by atoms with van der Waals surface area (Å²) in [7, 11) is 0. The van der Waals surface area contributed by atoms with E-state index in [2.05, 4.69) is 10.3 Å². The second-order valence-corrected chi connectivity index (χ2v) is 9.26. The average Bonchev–Trinajstić information content (AvgIpc) is 2.86. The Morgan fingerprint density at radius 1 is 1.03 bits per heavy atom. The molecule has 4 rings (SSSR count). The van der Waals surface area contributed by atoms with Crippen LogP contribution in [-0.4, -0.2) is 38.2 Å². The molecule has 3 aromatic carbocycles. The van der Waals surface area contributed by atoms with Gasteiger partial charge in [0.1, 0.15) is 5.25 Å². The molecule has 0 bridgehead atoms. The van der Waals surface area contributed by atoms with Crippen molar-refractivity contribution < 1.29 is 32.7 Å². The maximum Gasteiger partial charge on any atom is 0.416 e. The summed E-state index contributed by atoms with van der Waals surface area (Å²) in [6, 6.07) is 19.0. The van der Waals surface area contributed by atoms with Gasteiger partial charge in [0.05, 0.1) is 23.4 Å². The Kier molecular flexibility index (Phi) is 7.63. The van der Waals surface area contributed by atoms with Gasteiger partial charge in [-0.15, -0.1) is 0 Å². The van der Waals surface area contributed by atoms with Gasteiger partial charge in [0.25, 0.3) is 0 Å². The van der Waals surface area contributed by atoms with Crippen LogP contribution in [-0.2, 0) is 22.3 Å². The van der Waals surface area contributed by atoms with Gasteiger partial charge in [-0.1, -0.05) is 48.2 Å². The number of anilines is 1. The Morgan fingerprint density at radius 3 is 2.38 bits per heavy atom. The van der Waals surface area contributed by atoms with Crippen molar-refractivity contribution in [2.45, 2.75) is 24.4 Å². The van der Waals surface area contributed by atoms with Gasteiger partial charge in [0.15, 0.2) is 5.17 Å². The minimum Gasteiger partial charge on any atom is -0.478 e. The molecule has 0 radical (unpaired) electrons. The lowest BCUT2D eigenvalue weighted by Crippen LogP contribution is -2.44. The highest BCUT2D eigenvalue weighted by molar-refractivity contribution is 8.15. The van der Waals surface area contributed by atoms with E-state index in [4.69, 9.17) is 5.11 Å². The molecule has 0 aliphatic carbocycles. The number of carboxylic acid groups (broad SMARTS) is 1. The van der Waals surface area contributed by atoms with Gasteiger partial charge in [0.2, 0.25) is 11.8 Å². The largest absolute Gasteiger partial charge is 0.478 e. The van der Waals surface area contributed by atoms with Crippen LogP contribution in [0.4, 0.5) is 24.5 Å². The number of amidine groups is 1. The molecule has 1 unspecified atom stereocenters. The summed E-state index contributed by atoms with van der Waals surface area (Å²) in [6.45, 7) is 0.134. The lowest BCUT2D eigenvalue weighted by Gasteiger charge is -2.32. The van der Waals surface area contributed by atoms with Gasteiger partial charge in [0, 0.05) is 12.1 Å². The molecule has 2 amide bonds. The van der Waals surface area contributed by atoms with Crippen LogP contribution in [0.15, 0.2) is 83.9 Å². The van der Waals surface area contributed by atoms with Crippen molar-refractivity contribution in [3.63, 3.8) is 0 Å². The fourth-order valence-electron chi connectivity index (χ4n) is 3.54. The predicted molar refractivity (Wildman–Crippen MR) is 134 cm³/mol. The Balaban J connectivity index is 1.61. The van der Waals surface area contributed by atoms with Gasteiger partial charge in [-0.05, 0) is 48.0 Å². The van der Waals surface area contributed by atoms with Crippen LogP contribution in [0.5, 0.6) is 0 Å². The number of carbonyl (C=O) groups is 3. The number of hydrogen-bond acceptors (Lipinski definition) is 5. The molecule has 37 heavy (non-hydrogen) atoms. The average molecular weight is 528 g/mol. The molecule has 1 fully saturated rings. The van der Waals surface area contributed by atoms with Crippen LogP contribution in [0.2, 0.25) is 0 Å². The molecule has 190 valence electrons. The lowest BCUT2D eigenvalue weighted by molar-refractivity contribution is -0.137. The third-order valence-corrected chi connectivity index (χ3v) is 6.60. The van der Waals surface area contributed by atoms with E-state index in [1.165, 1.54) is 41.3 Å². The molecule has 1 aliphatic heterocycles. The normalized spacial score (nSPS) is 17.1. The van der Waals surface area contributed by atoms with E-state index in [-0.39, 0.29) is 29.4 Å². The lowest BCUT2D eigenvalue weighted by atomic mass is 10.2. The minimum atomic E-state index is -4.56. The van der Waals surface area contributed by atoms with E-state index < -0.39 is 34.8 Å². The van der Waals surface area contributed by atoms with E-state index >= 15 is 0 Å². The Labute approximate surface area is 214 Å². The van der Waals surface area contributed by atoms with Gasteiger partial charge in [-0.2, -0.15) is 13.2 Å². The Hall–Kier alpha value is -4.12. The molecule has 1 aliphatic rings. The van der Waals surface area contributed by atoms with E-state index in [1.54, 1.807) is 24.3 Å². The van der Waals surface area contributed by atoms with Crippen LogP contribution in [0.25, 0.3) is 0 Å². The molecule has 0 saturated carbocycles. The highest BCUT2D eigenvalue weighted by atomic mass is 32.2. The van der Waals surface area contributed by atoms with Crippen molar-refractivity contribution in [2.24, 2.45) is 4.99 Å². The summed E-state index contributed by atoms with van der Waals surface area (Å²) in [4.78, 5) is 42.8. The molecule has 2 N–H and O–H groups in total. The number of nitrogens with zero attached hydrogens (tertiary/aromatic N) is 2. The van der Waals surface area contributed by atoms with Crippen LogP contribution < -0.4 is 5.32 Å². The maximum atomic E-state index is 13.2. The summed E-state index contributed by atoms with van der Waals surface area (Å²) >= 11 is 0.974. The van der Waals surface area contributed by atoms with Crippen LogP contribution >= 0.6 is 11.8 Å². The van der Waals surface area contributed by atoms with Gasteiger partial charge < -0.3 is 10.4 Å². The first kappa shape index (κ1) is 26.0. The van der Waals surface area contributed by atoms with Gasteiger partial charge >= 0.3 is 12.1 Å². The number of amides is 2. The number of rotatable bonds is 6. The molecule has 1 atom stereocenters. The molecular formula is C26H20F3N3O4S. The Bertz CT molecular complexity index is 1350. The topological polar surface area (TPSA) is 99.1 Å². The summed E-state index contributed by atoms with van der Waals surface area (Å²) in [5.74, 6) is -2.03. The van der Waals surface area contributed by atoms with Crippen molar-refractivity contribution in [1.29, 1.82) is 0 Å². The number of halogens is 3. The number of alkyl halides is 3. The second kappa shape index (κ2) is 10.9. The van der Waals surface area contributed by atoms with Crippen molar-refractivity contribution >= 4 is 46.1 Å². The highest BCUT2D eigenvalue weighted by Crippen LogP contribution is 2.34. The van der Waals surface area contributed by atoms with Crippen molar-refractivity contribution in [1.82, 2.24) is 4.90 Å². The number of carbonyl (C=O) groups excluding carboxylic acids is 2. The number of aliphatic imine (C=N–C) groups is 1. The third-order valence-electron chi connectivity index (χ3n) is 5.41. The standard InChI is InChI=1S/C26H20F3N3O4S/c27-26(28,29)18-7-4-8-20(13-18)31-25-32(15-16-5-2-1-3-6-16)22(33)14-21(37-25)23(34)30-19-11-9-17(10-12-19)24(35)36/h1-13,21H,14-15H2,(H,30,34)(H,35,36). The first-order chi connectivity index (χ1) is 17.6. The van der Waals surface area contributed by atoms with E-state index in [0.717, 1.165) is 29.5 Å². The first-order valence-electron chi connectivity index (χ1n) is 11.0. The highest BCUT2D eigenvalue weighted by Gasteiger charge is 2.36. The Morgan fingerprint density at radius 2 is 1.73 bits per heavy atom. The number of hydrogen-bond donors (Lipinski definition) is 2. The van der Waals surface area contributed by atoms with Crippen molar-refractivity contribution in [3.8, 4) is 0 Å². The van der Waals surface area contributed by atoms with E-state index in [1.807, 2.05) is 6.07 Å². The molecule has 7 nitrogen and oxygen atoms in total. The monoisotopic (exact) mass is 527 g/mol. The summed E-state index contributed by atoms with van der Waals surface area (Å²) in [5, 5.41) is 10.9. The summed E-state index contributed by atoms with van der Waals surface area (Å²) in [5.41, 5.74) is 0.289. The fourth-order valence-corrected chi connectivity index (χ4v) is 4.64. The number of benzene rings is 3. The number of carboxylic acids is 1. The van der Waals surface area contributed by atoms with E-state index in [0.29, 0.717) is 5.69 Å². The van der Waals surface area contributed by atoms with Gasteiger partial charge in [-0.25, -0.2) is 9.79 Å². The SMILES string of the molecule is O=C(O)c1ccc(NC(=O)C2CC(=O)N(Cc3ccccc3)C(=Nc3cccc(C(F)(F)F)c3)S2)cc1. The maximum absolute atomic E-state index is 13.2. The number of thioether (sulfide) groups is 1. The number of nitrogens with one attached hydrogen (secondary N) is 1. The van der Waals surface area contributed by atoms with Crippen LogP contribution in [0, 0.1) is 0 Å². The first-order valence-corrected chi connectivity index (χ1v) is 11.9. The van der Waals surface area contributed by atoms with Crippen molar-refractivity contribution in [2.75, 3.05) is 5.32 Å². The molecule has 11 heteroatoms. The smallest absolute Gasteiger partial charge is 0.416 e. The molecule has 0 aromatic heterocycles.